The number of ether oxygens (including phenoxy) is 1. The predicted molar refractivity (Wildman–Crippen MR) is 62.5 cm³/mol. The maximum atomic E-state index is 5.93. The molecule has 0 bridgehead atoms. The Bertz CT molecular complexity index is 390. The van der Waals surface area contributed by atoms with Gasteiger partial charge in [0, 0.05) is 11.9 Å². The number of nitrogens with one attached hydrogen (secondary N) is 1. The number of anilines is 1. The molecule has 1 aromatic heterocycles. The molecule has 1 fully saturated rings. The summed E-state index contributed by atoms with van der Waals surface area (Å²) in [4.78, 5) is 4.30. The first-order chi connectivity index (χ1) is 7.33. The zero-order valence-electron chi connectivity index (χ0n) is 8.75. The lowest BCUT2D eigenvalue weighted by Crippen LogP contribution is -2.33. The second-order valence-electron chi connectivity index (χ2n) is 4.22. The number of aromatic nitrogens is 1. The largest absolute Gasteiger partial charge is 0.468 e. The van der Waals surface area contributed by atoms with E-state index in [1.807, 2.05) is 18.0 Å². The molecule has 0 aromatic carbocycles. The maximum Gasteiger partial charge on any atom is 0.238 e. The van der Waals surface area contributed by atoms with Crippen LogP contribution in [0.1, 0.15) is 18.4 Å². The third kappa shape index (κ3) is 1.57. The molecule has 0 unspecified atom stereocenters. The molecule has 0 saturated heterocycles. The van der Waals surface area contributed by atoms with Crippen LogP contribution in [0.4, 0.5) is 5.69 Å². The quantitative estimate of drug-likeness (QED) is 0.832. The van der Waals surface area contributed by atoms with E-state index in [4.69, 9.17) is 4.74 Å². The van der Waals surface area contributed by atoms with Gasteiger partial charge in [-0.25, -0.2) is 4.98 Å². The van der Waals surface area contributed by atoms with E-state index in [-0.39, 0.29) is 5.60 Å². The molecule has 4 heteroatoms. The smallest absolute Gasteiger partial charge is 0.238 e. The van der Waals surface area contributed by atoms with E-state index in [1.54, 1.807) is 0 Å². The molecule has 1 aromatic rings. The number of fused-ring (bicyclic) bond motifs is 1. The summed E-state index contributed by atoms with van der Waals surface area (Å²) >= 11 is 1.82. The molecule has 3 rings (SSSR count). The normalized spacial score (nSPS) is 20.3. The Morgan fingerprint density at radius 3 is 3.20 bits per heavy atom. The third-order valence-electron chi connectivity index (χ3n) is 3.01. The highest BCUT2D eigenvalue weighted by Crippen LogP contribution is 2.46. The third-order valence-corrected chi connectivity index (χ3v) is 3.61. The van der Waals surface area contributed by atoms with Crippen LogP contribution in [0.2, 0.25) is 0 Å². The second kappa shape index (κ2) is 3.30. The molecular weight excluding hydrogens is 208 g/mol. The zero-order valence-corrected chi connectivity index (χ0v) is 9.56. The van der Waals surface area contributed by atoms with Crippen molar-refractivity contribution in [2.24, 2.45) is 0 Å². The molecule has 2 heterocycles. The minimum Gasteiger partial charge on any atom is -0.468 e. The van der Waals surface area contributed by atoms with Crippen LogP contribution in [-0.2, 0) is 5.75 Å². The average Bonchev–Trinajstić information content (AvgIpc) is 2.98. The van der Waals surface area contributed by atoms with Gasteiger partial charge >= 0.3 is 0 Å². The molecule has 3 nitrogen and oxygen atoms in total. The molecule has 0 atom stereocenters. The van der Waals surface area contributed by atoms with E-state index in [0.717, 1.165) is 36.7 Å². The first kappa shape index (κ1) is 9.33. The van der Waals surface area contributed by atoms with E-state index >= 15 is 0 Å². The van der Waals surface area contributed by atoms with E-state index in [0.29, 0.717) is 0 Å². The van der Waals surface area contributed by atoms with Gasteiger partial charge in [0.1, 0.15) is 11.3 Å². The molecule has 1 aliphatic carbocycles. The van der Waals surface area contributed by atoms with E-state index in [9.17, 15) is 0 Å². The van der Waals surface area contributed by atoms with Crippen LogP contribution >= 0.6 is 11.8 Å². The van der Waals surface area contributed by atoms with E-state index in [2.05, 4.69) is 22.6 Å². The summed E-state index contributed by atoms with van der Waals surface area (Å²) in [5.74, 6) is 1.80. The van der Waals surface area contributed by atoms with Gasteiger partial charge in [-0.2, -0.15) is 11.8 Å². The van der Waals surface area contributed by atoms with Gasteiger partial charge in [-0.1, -0.05) is 0 Å². The first-order valence-electron chi connectivity index (χ1n) is 5.23. The van der Waals surface area contributed by atoms with Gasteiger partial charge in [0.15, 0.2) is 0 Å². The van der Waals surface area contributed by atoms with Gasteiger partial charge < -0.3 is 10.1 Å². The Hall–Kier alpha value is -0.900. The van der Waals surface area contributed by atoms with Crippen LogP contribution in [0.3, 0.4) is 0 Å². The van der Waals surface area contributed by atoms with Crippen LogP contribution in [0.15, 0.2) is 12.3 Å². The van der Waals surface area contributed by atoms with Gasteiger partial charge in [-0.15, -0.1) is 0 Å². The number of thioether (sulfide) groups is 1. The van der Waals surface area contributed by atoms with Crippen molar-refractivity contribution >= 4 is 17.4 Å². The Kier molecular flexibility index (Phi) is 2.06. The van der Waals surface area contributed by atoms with Crippen molar-refractivity contribution in [1.29, 1.82) is 0 Å². The maximum absolute atomic E-state index is 5.93. The Morgan fingerprint density at radius 2 is 2.47 bits per heavy atom. The molecule has 0 amide bonds. The summed E-state index contributed by atoms with van der Waals surface area (Å²) in [7, 11) is 0. The number of nitrogens with zero attached hydrogens (tertiary/aromatic N) is 1. The van der Waals surface area contributed by atoms with Crippen molar-refractivity contribution in [1.82, 2.24) is 4.98 Å². The fourth-order valence-corrected chi connectivity index (χ4v) is 2.48. The topological polar surface area (TPSA) is 34.2 Å². The molecule has 1 spiro atoms. The Morgan fingerprint density at radius 1 is 1.60 bits per heavy atom. The van der Waals surface area contributed by atoms with Crippen molar-refractivity contribution < 1.29 is 4.74 Å². The molecule has 1 aliphatic heterocycles. The number of pyridine rings is 1. The lowest BCUT2D eigenvalue weighted by atomic mass is 10.2. The van der Waals surface area contributed by atoms with Crippen molar-refractivity contribution in [3.63, 3.8) is 0 Å². The van der Waals surface area contributed by atoms with Crippen LogP contribution in [0.25, 0.3) is 0 Å². The first-order valence-corrected chi connectivity index (χ1v) is 6.62. The Labute approximate surface area is 93.6 Å². The minimum atomic E-state index is 0.0813. The number of rotatable bonds is 2. The lowest BCUT2D eigenvalue weighted by Gasteiger charge is -2.27. The van der Waals surface area contributed by atoms with Crippen molar-refractivity contribution in [3.05, 3.63) is 17.8 Å². The predicted octanol–water partition coefficient (Wildman–Crippen LogP) is 2.28. The lowest BCUT2D eigenvalue weighted by molar-refractivity contribution is 0.175. The van der Waals surface area contributed by atoms with Crippen LogP contribution in [-0.4, -0.2) is 23.4 Å². The summed E-state index contributed by atoms with van der Waals surface area (Å²) in [6, 6.07) is 2.07. The van der Waals surface area contributed by atoms with Gasteiger partial charge in [-0.05, 0) is 30.7 Å². The van der Waals surface area contributed by atoms with Crippen molar-refractivity contribution in [3.8, 4) is 5.88 Å². The summed E-state index contributed by atoms with van der Waals surface area (Å²) in [6.07, 6.45) is 6.27. The number of hydrogen-bond acceptors (Lipinski definition) is 4. The van der Waals surface area contributed by atoms with Crippen molar-refractivity contribution in [2.45, 2.75) is 24.2 Å². The monoisotopic (exact) mass is 222 g/mol. The highest BCUT2D eigenvalue weighted by molar-refractivity contribution is 7.97. The molecule has 0 radical (unpaired) electrons. The van der Waals surface area contributed by atoms with E-state index < -0.39 is 0 Å². The fourth-order valence-electron chi connectivity index (χ4n) is 1.93. The molecular formula is C11H14N2OS. The molecule has 1 N–H and O–H groups in total. The standard InChI is InChI=1S/C11H14N2OS/c1-15-6-8-2-5-12-10-9(8)13-7-11(14-10)3-4-11/h2,5,13H,3-4,6-7H2,1H3. The number of hydrogen-bond donors (Lipinski definition) is 1. The SMILES string of the molecule is CSCc1ccnc2c1NCC1(CC1)O2. The summed E-state index contributed by atoms with van der Waals surface area (Å²) < 4.78 is 5.93. The molecule has 80 valence electrons. The van der Waals surface area contributed by atoms with Crippen LogP contribution in [0.5, 0.6) is 5.88 Å². The summed E-state index contributed by atoms with van der Waals surface area (Å²) in [5.41, 5.74) is 2.48. The van der Waals surface area contributed by atoms with Gasteiger partial charge in [0.2, 0.25) is 5.88 Å². The highest BCUT2D eigenvalue weighted by Gasteiger charge is 2.48. The minimum absolute atomic E-state index is 0.0813. The second-order valence-corrected chi connectivity index (χ2v) is 5.09. The van der Waals surface area contributed by atoms with Crippen molar-refractivity contribution in [2.75, 3.05) is 18.1 Å². The molecule has 15 heavy (non-hydrogen) atoms. The molecule has 2 aliphatic rings. The van der Waals surface area contributed by atoms with Crippen LogP contribution < -0.4 is 10.1 Å². The van der Waals surface area contributed by atoms with Gasteiger partial charge in [0.05, 0.1) is 6.54 Å². The van der Waals surface area contributed by atoms with Gasteiger partial charge in [-0.3, -0.25) is 0 Å². The Balaban J connectivity index is 1.94. The summed E-state index contributed by atoms with van der Waals surface area (Å²) in [6.45, 7) is 0.938. The van der Waals surface area contributed by atoms with Crippen LogP contribution in [0, 0.1) is 0 Å². The average molecular weight is 222 g/mol. The van der Waals surface area contributed by atoms with E-state index in [1.165, 1.54) is 5.56 Å². The summed E-state index contributed by atoms with van der Waals surface area (Å²) in [5, 5.41) is 3.47. The molecule has 1 saturated carbocycles. The zero-order chi connectivity index (χ0) is 10.3. The highest BCUT2D eigenvalue weighted by atomic mass is 32.2. The van der Waals surface area contributed by atoms with Gasteiger partial charge in [0.25, 0.3) is 0 Å². The fraction of sp³-hybridized carbons (Fsp3) is 0.545.